The van der Waals surface area contributed by atoms with Crippen LogP contribution >= 0.6 is 0 Å². The van der Waals surface area contributed by atoms with E-state index in [4.69, 9.17) is 9.15 Å². The third-order valence-electron chi connectivity index (χ3n) is 4.21. The number of carbonyl (C=O) groups excluding carboxylic acids is 3. The van der Waals surface area contributed by atoms with E-state index in [-0.39, 0.29) is 22.6 Å². The first-order valence-corrected chi connectivity index (χ1v) is 8.89. The van der Waals surface area contributed by atoms with E-state index in [1.54, 1.807) is 25.1 Å². The molecule has 0 radical (unpaired) electrons. The van der Waals surface area contributed by atoms with Crippen LogP contribution in [0, 0.1) is 12.7 Å². The van der Waals surface area contributed by atoms with Gasteiger partial charge in [0.15, 0.2) is 6.61 Å². The molecule has 0 unspecified atom stereocenters. The van der Waals surface area contributed by atoms with Gasteiger partial charge in [-0.15, -0.1) is 0 Å². The molecule has 1 N–H and O–H groups in total. The molecule has 0 atom stereocenters. The summed E-state index contributed by atoms with van der Waals surface area (Å²) in [6.07, 6.45) is 0. The number of anilines is 1. The molecular weight excluding hydrogens is 393 g/mol. The second-order valence-electron chi connectivity index (χ2n) is 6.29. The minimum Gasteiger partial charge on any atom is -0.465 e. The van der Waals surface area contributed by atoms with Crippen LogP contribution in [0.2, 0.25) is 0 Å². The Hall–Kier alpha value is -3.94. The number of furan rings is 1. The molecule has 0 aliphatic rings. The number of nitrogens with one attached hydrogen (secondary N) is 1. The van der Waals surface area contributed by atoms with Crippen molar-refractivity contribution in [3.8, 4) is 11.3 Å². The summed E-state index contributed by atoms with van der Waals surface area (Å²) in [4.78, 5) is 35.9. The molecule has 1 amide bonds. The van der Waals surface area contributed by atoms with Crippen LogP contribution in [0.3, 0.4) is 0 Å². The molecule has 0 spiro atoms. The second kappa shape index (κ2) is 9.04. The van der Waals surface area contributed by atoms with Gasteiger partial charge in [-0.05, 0) is 48.9 Å². The Balaban J connectivity index is 1.61. The lowest BCUT2D eigenvalue weighted by Gasteiger charge is -2.10. The minimum absolute atomic E-state index is 0.162. The normalized spacial score (nSPS) is 10.4. The summed E-state index contributed by atoms with van der Waals surface area (Å²) in [5.41, 5.74) is 1.57. The molecule has 3 aromatic rings. The number of rotatable bonds is 6. The van der Waals surface area contributed by atoms with Gasteiger partial charge < -0.3 is 19.2 Å². The van der Waals surface area contributed by atoms with Crippen molar-refractivity contribution in [1.29, 1.82) is 0 Å². The van der Waals surface area contributed by atoms with Crippen molar-refractivity contribution in [3.05, 3.63) is 77.3 Å². The number of halogens is 1. The zero-order chi connectivity index (χ0) is 21.7. The summed E-state index contributed by atoms with van der Waals surface area (Å²) in [5.74, 6) is -2.50. The number of hydrogen-bond donors (Lipinski definition) is 1. The van der Waals surface area contributed by atoms with Crippen molar-refractivity contribution in [2.75, 3.05) is 19.0 Å². The summed E-state index contributed by atoms with van der Waals surface area (Å²) in [5, 5.41) is 2.57. The molecule has 0 aliphatic heterocycles. The highest BCUT2D eigenvalue weighted by Gasteiger charge is 2.17. The lowest BCUT2D eigenvalue weighted by molar-refractivity contribution is -0.119. The minimum atomic E-state index is -0.868. The molecule has 0 bridgehead atoms. The molecule has 154 valence electrons. The maximum absolute atomic E-state index is 13.8. The van der Waals surface area contributed by atoms with Crippen LogP contribution in [0.15, 0.2) is 59.0 Å². The van der Waals surface area contributed by atoms with Crippen molar-refractivity contribution >= 4 is 23.5 Å². The summed E-state index contributed by atoms with van der Waals surface area (Å²) < 4.78 is 28.8. The molecule has 2 aromatic carbocycles. The molecule has 0 aliphatic carbocycles. The van der Waals surface area contributed by atoms with Gasteiger partial charge in [0.2, 0.25) is 5.76 Å². The number of ether oxygens (including phenoxy) is 2. The fourth-order valence-electron chi connectivity index (χ4n) is 2.64. The first-order valence-electron chi connectivity index (χ1n) is 8.89. The zero-order valence-corrected chi connectivity index (χ0v) is 16.2. The van der Waals surface area contributed by atoms with E-state index in [9.17, 15) is 18.8 Å². The number of aryl methyl sites for hydroxylation is 1. The van der Waals surface area contributed by atoms with E-state index >= 15 is 0 Å². The Morgan fingerprint density at radius 3 is 2.53 bits per heavy atom. The number of carbonyl (C=O) groups is 3. The van der Waals surface area contributed by atoms with E-state index in [1.165, 1.54) is 43.5 Å². The summed E-state index contributed by atoms with van der Waals surface area (Å²) >= 11 is 0. The third kappa shape index (κ3) is 4.72. The standard InChI is InChI=1S/C22H18FNO6/c1-13-7-8-14(21(26)28-2)11-17(13)24-20(25)12-29-22(27)19-10-9-18(30-19)15-5-3-4-6-16(15)23/h3-11H,12H2,1-2H3,(H,24,25). The maximum Gasteiger partial charge on any atom is 0.374 e. The van der Waals surface area contributed by atoms with Crippen LogP contribution in [0.1, 0.15) is 26.5 Å². The predicted molar refractivity (Wildman–Crippen MR) is 106 cm³/mol. The first kappa shape index (κ1) is 20.8. The van der Waals surface area contributed by atoms with Crippen molar-refractivity contribution in [2.45, 2.75) is 6.92 Å². The van der Waals surface area contributed by atoms with Gasteiger partial charge in [0.25, 0.3) is 5.91 Å². The molecule has 1 heterocycles. The molecule has 3 rings (SSSR count). The lowest BCUT2D eigenvalue weighted by Crippen LogP contribution is -2.21. The molecule has 0 saturated heterocycles. The molecule has 1 aromatic heterocycles. The van der Waals surface area contributed by atoms with E-state index in [0.29, 0.717) is 11.3 Å². The van der Waals surface area contributed by atoms with Crippen molar-refractivity contribution < 1.29 is 32.7 Å². The monoisotopic (exact) mass is 411 g/mol. The van der Waals surface area contributed by atoms with E-state index in [1.807, 2.05) is 0 Å². The Labute approximate surface area is 171 Å². The number of amides is 1. The highest BCUT2D eigenvalue weighted by atomic mass is 19.1. The van der Waals surface area contributed by atoms with E-state index in [2.05, 4.69) is 10.1 Å². The topological polar surface area (TPSA) is 94.8 Å². The van der Waals surface area contributed by atoms with Crippen molar-refractivity contribution in [3.63, 3.8) is 0 Å². The fraction of sp³-hybridized carbons (Fsp3) is 0.136. The fourth-order valence-corrected chi connectivity index (χ4v) is 2.64. The molecule has 0 saturated carbocycles. The van der Waals surface area contributed by atoms with Crippen LogP contribution in [-0.2, 0) is 14.3 Å². The van der Waals surface area contributed by atoms with Crippen molar-refractivity contribution in [2.24, 2.45) is 0 Å². The maximum atomic E-state index is 13.8. The van der Waals surface area contributed by atoms with E-state index in [0.717, 1.165) is 0 Å². The van der Waals surface area contributed by atoms with Gasteiger partial charge in [-0.2, -0.15) is 0 Å². The second-order valence-corrected chi connectivity index (χ2v) is 6.29. The van der Waals surface area contributed by atoms with E-state index < -0.39 is 30.3 Å². The first-order chi connectivity index (χ1) is 14.4. The van der Waals surface area contributed by atoms with Gasteiger partial charge in [0.1, 0.15) is 11.6 Å². The number of benzene rings is 2. The summed E-state index contributed by atoms with van der Waals surface area (Å²) in [6.45, 7) is 1.17. The van der Waals surface area contributed by atoms with Crippen LogP contribution in [0.4, 0.5) is 10.1 Å². The number of hydrogen-bond acceptors (Lipinski definition) is 6. The average molecular weight is 411 g/mol. The van der Waals surface area contributed by atoms with Gasteiger partial charge in [0.05, 0.1) is 18.2 Å². The van der Waals surface area contributed by atoms with Crippen LogP contribution < -0.4 is 5.32 Å². The van der Waals surface area contributed by atoms with Gasteiger partial charge in [0, 0.05) is 5.69 Å². The lowest BCUT2D eigenvalue weighted by atomic mass is 10.1. The summed E-state index contributed by atoms with van der Waals surface area (Å²) in [6, 6.07) is 13.4. The Morgan fingerprint density at radius 2 is 1.80 bits per heavy atom. The number of methoxy groups -OCH3 is 1. The number of esters is 2. The molecular formula is C22H18FNO6. The Bertz CT molecular complexity index is 1100. The van der Waals surface area contributed by atoms with Gasteiger partial charge in [-0.3, -0.25) is 4.79 Å². The molecule has 0 fully saturated rings. The quantitative estimate of drug-likeness (QED) is 0.617. The van der Waals surface area contributed by atoms with Crippen LogP contribution in [0.5, 0.6) is 0 Å². The highest BCUT2D eigenvalue weighted by Crippen LogP contribution is 2.25. The van der Waals surface area contributed by atoms with Crippen LogP contribution in [0.25, 0.3) is 11.3 Å². The molecule has 7 nitrogen and oxygen atoms in total. The molecule has 30 heavy (non-hydrogen) atoms. The van der Waals surface area contributed by atoms with Crippen LogP contribution in [-0.4, -0.2) is 31.6 Å². The third-order valence-corrected chi connectivity index (χ3v) is 4.21. The Kier molecular flexibility index (Phi) is 6.26. The zero-order valence-electron chi connectivity index (χ0n) is 16.2. The highest BCUT2D eigenvalue weighted by molar-refractivity contribution is 5.97. The smallest absolute Gasteiger partial charge is 0.374 e. The SMILES string of the molecule is COC(=O)c1ccc(C)c(NC(=O)COC(=O)c2ccc(-c3ccccc3F)o2)c1. The van der Waals surface area contributed by atoms with Gasteiger partial charge in [-0.25, -0.2) is 14.0 Å². The molecule has 8 heteroatoms. The largest absolute Gasteiger partial charge is 0.465 e. The van der Waals surface area contributed by atoms with Crippen molar-refractivity contribution in [1.82, 2.24) is 0 Å². The average Bonchev–Trinajstić information content (AvgIpc) is 3.23. The van der Waals surface area contributed by atoms with Gasteiger partial charge >= 0.3 is 11.9 Å². The Morgan fingerprint density at radius 1 is 1.03 bits per heavy atom. The van der Waals surface area contributed by atoms with Gasteiger partial charge in [-0.1, -0.05) is 18.2 Å². The summed E-state index contributed by atoms with van der Waals surface area (Å²) in [7, 11) is 1.26. The predicted octanol–water partition coefficient (Wildman–Crippen LogP) is 3.98.